The number of aryl methyl sites for hydroxylation is 1. The first kappa shape index (κ1) is 12.9. The zero-order valence-electron chi connectivity index (χ0n) is 10.2. The maximum atomic E-state index is 12.4. The highest BCUT2D eigenvalue weighted by atomic mass is 32.2. The fourth-order valence-electron chi connectivity index (χ4n) is 2.23. The van der Waals surface area contributed by atoms with Crippen molar-refractivity contribution in [1.29, 1.82) is 0 Å². The number of hydrogen-bond donors (Lipinski definition) is 2. The van der Waals surface area contributed by atoms with E-state index in [1.807, 2.05) is 6.92 Å². The van der Waals surface area contributed by atoms with Crippen molar-refractivity contribution >= 4 is 21.5 Å². The van der Waals surface area contributed by atoms with Gasteiger partial charge in [0.05, 0.1) is 22.3 Å². The van der Waals surface area contributed by atoms with Crippen molar-refractivity contribution in [3.63, 3.8) is 0 Å². The lowest BCUT2D eigenvalue weighted by Gasteiger charge is -2.31. The van der Waals surface area contributed by atoms with E-state index in [1.165, 1.54) is 6.07 Å². The van der Waals surface area contributed by atoms with Crippen molar-refractivity contribution < 1.29 is 18.3 Å². The molecule has 0 saturated heterocycles. The number of aliphatic carboxylic acids is 1. The zero-order valence-corrected chi connectivity index (χ0v) is 11.0. The quantitative estimate of drug-likeness (QED) is 0.848. The average molecular weight is 269 g/mol. The molecule has 0 spiro atoms. The van der Waals surface area contributed by atoms with E-state index in [2.05, 4.69) is 5.32 Å². The van der Waals surface area contributed by atoms with E-state index in [1.54, 1.807) is 19.1 Å². The number of carbonyl (C=O) groups is 1. The average Bonchev–Trinajstić information content (AvgIpc) is 2.23. The van der Waals surface area contributed by atoms with Crippen LogP contribution >= 0.6 is 0 Å². The number of sulfone groups is 1. The molecule has 1 heterocycles. The van der Waals surface area contributed by atoms with Crippen molar-refractivity contribution in [2.24, 2.45) is 0 Å². The Hall–Kier alpha value is -1.56. The lowest BCUT2D eigenvalue weighted by atomic mass is 10.1. The summed E-state index contributed by atoms with van der Waals surface area (Å²) in [6, 6.07) is 4.60. The van der Waals surface area contributed by atoms with Gasteiger partial charge >= 0.3 is 5.97 Å². The van der Waals surface area contributed by atoms with Gasteiger partial charge in [0, 0.05) is 6.04 Å². The number of carboxylic acids is 1. The summed E-state index contributed by atoms with van der Waals surface area (Å²) < 4.78 is 24.7. The number of rotatable bonds is 2. The van der Waals surface area contributed by atoms with Crippen LogP contribution in [0, 0.1) is 6.92 Å². The fraction of sp³-hybridized carbons (Fsp3) is 0.417. The molecule has 0 amide bonds. The van der Waals surface area contributed by atoms with Crippen LogP contribution in [0.15, 0.2) is 23.1 Å². The lowest BCUT2D eigenvalue weighted by Crippen LogP contribution is -2.43. The third-order valence-corrected chi connectivity index (χ3v) is 5.50. The minimum absolute atomic E-state index is 0.192. The van der Waals surface area contributed by atoms with Crippen LogP contribution in [0.1, 0.15) is 18.9 Å². The maximum absolute atomic E-state index is 12.4. The summed E-state index contributed by atoms with van der Waals surface area (Å²) in [6.45, 7) is 3.57. The second-order valence-electron chi connectivity index (χ2n) is 4.61. The van der Waals surface area contributed by atoms with Gasteiger partial charge < -0.3 is 10.4 Å². The number of nitrogens with one attached hydrogen (secondary N) is 1. The Morgan fingerprint density at radius 2 is 2.11 bits per heavy atom. The summed E-state index contributed by atoms with van der Waals surface area (Å²) in [6.07, 6.45) is -0.385. The highest BCUT2D eigenvalue weighted by Crippen LogP contribution is 2.34. The second-order valence-corrected chi connectivity index (χ2v) is 6.75. The highest BCUT2D eigenvalue weighted by Gasteiger charge is 2.39. The van der Waals surface area contributed by atoms with Crippen molar-refractivity contribution in [2.75, 3.05) is 5.32 Å². The number of fused-ring (bicyclic) bond motifs is 1. The van der Waals surface area contributed by atoms with Crippen LogP contribution < -0.4 is 5.32 Å². The van der Waals surface area contributed by atoms with E-state index in [4.69, 9.17) is 5.11 Å². The Balaban J connectivity index is 2.53. The van der Waals surface area contributed by atoms with Crippen LogP contribution in [0.3, 0.4) is 0 Å². The van der Waals surface area contributed by atoms with Gasteiger partial charge in [-0.1, -0.05) is 6.07 Å². The van der Waals surface area contributed by atoms with Gasteiger partial charge in [0.25, 0.3) is 0 Å². The van der Waals surface area contributed by atoms with Crippen molar-refractivity contribution in [3.8, 4) is 0 Å². The van der Waals surface area contributed by atoms with Crippen LogP contribution in [0.5, 0.6) is 0 Å². The van der Waals surface area contributed by atoms with Gasteiger partial charge in [-0.25, -0.2) is 8.42 Å². The van der Waals surface area contributed by atoms with Crippen LogP contribution in [0.25, 0.3) is 0 Å². The monoisotopic (exact) mass is 269 g/mol. The van der Waals surface area contributed by atoms with Crippen LogP contribution in [0.2, 0.25) is 0 Å². The van der Waals surface area contributed by atoms with Gasteiger partial charge in [-0.2, -0.15) is 0 Å². The molecular weight excluding hydrogens is 254 g/mol. The normalized spacial score (nSPS) is 25.0. The van der Waals surface area contributed by atoms with Gasteiger partial charge in [0.1, 0.15) is 0 Å². The number of anilines is 1. The van der Waals surface area contributed by atoms with E-state index in [0.717, 1.165) is 5.56 Å². The Bertz CT molecular complexity index is 594. The van der Waals surface area contributed by atoms with E-state index >= 15 is 0 Å². The van der Waals surface area contributed by atoms with Gasteiger partial charge in [-0.3, -0.25) is 4.79 Å². The Kier molecular flexibility index (Phi) is 3.06. The molecule has 0 aliphatic carbocycles. The van der Waals surface area contributed by atoms with Gasteiger partial charge in [0.15, 0.2) is 9.84 Å². The molecule has 0 saturated carbocycles. The van der Waals surface area contributed by atoms with Gasteiger partial charge in [-0.05, 0) is 31.5 Å². The molecule has 0 bridgehead atoms. The molecule has 18 heavy (non-hydrogen) atoms. The lowest BCUT2D eigenvalue weighted by molar-refractivity contribution is -0.137. The van der Waals surface area contributed by atoms with Crippen LogP contribution in [-0.4, -0.2) is 30.8 Å². The minimum atomic E-state index is -3.59. The first-order chi connectivity index (χ1) is 8.32. The number of benzene rings is 1. The maximum Gasteiger partial charge on any atom is 0.304 e. The van der Waals surface area contributed by atoms with Gasteiger partial charge in [-0.15, -0.1) is 0 Å². The molecule has 1 aromatic rings. The second kappa shape index (κ2) is 4.28. The molecule has 0 aromatic heterocycles. The number of carboxylic acid groups (broad SMARTS) is 1. The molecule has 98 valence electrons. The topological polar surface area (TPSA) is 83.5 Å². The molecule has 2 unspecified atom stereocenters. The van der Waals surface area contributed by atoms with Crippen LogP contribution in [0.4, 0.5) is 5.69 Å². The van der Waals surface area contributed by atoms with E-state index in [0.29, 0.717) is 5.69 Å². The highest BCUT2D eigenvalue weighted by molar-refractivity contribution is 7.92. The standard InChI is InChI=1S/C12H15NO4S/c1-7-3-4-10-9(5-7)13-8(2)11(6-12(14)15)18(10,16)17/h3-5,8,11,13H,6H2,1-2H3,(H,14,15). The molecule has 6 heteroatoms. The summed E-state index contributed by atoms with van der Waals surface area (Å²) in [5.41, 5.74) is 1.52. The predicted octanol–water partition coefficient (Wildman–Crippen LogP) is 1.43. The largest absolute Gasteiger partial charge is 0.481 e. The molecule has 1 aromatic carbocycles. The third kappa shape index (κ3) is 2.08. The minimum Gasteiger partial charge on any atom is -0.481 e. The van der Waals surface area contributed by atoms with Crippen molar-refractivity contribution in [2.45, 2.75) is 36.5 Å². The SMILES string of the molecule is Cc1ccc2c(c1)NC(C)C(CC(=O)O)S2(=O)=O. The van der Waals surface area contributed by atoms with Crippen LogP contribution in [-0.2, 0) is 14.6 Å². The van der Waals surface area contributed by atoms with Crippen molar-refractivity contribution in [3.05, 3.63) is 23.8 Å². The molecule has 2 atom stereocenters. The fourth-order valence-corrected chi connectivity index (χ4v) is 4.21. The summed E-state index contributed by atoms with van der Waals surface area (Å²) in [5.74, 6) is -1.10. The first-order valence-electron chi connectivity index (χ1n) is 5.65. The Labute approximate surface area is 106 Å². The van der Waals surface area contributed by atoms with E-state index in [9.17, 15) is 13.2 Å². The molecule has 2 rings (SSSR count). The Morgan fingerprint density at radius 3 is 2.72 bits per heavy atom. The molecule has 5 nitrogen and oxygen atoms in total. The predicted molar refractivity (Wildman–Crippen MR) is 67.5 cm³/mol. The third-order valence-electron chi connectivity index (χ3n) is 3.16. The molecule has 0 fully saturated rings. The summed E-state index contributed by atoms with van der Waals surface area (Å²) in [4.78, 5) is 11.0. The first-order valence-corrected chi connectivity index (χ1v) is 7.20. The van der Waals surface area contributed by atoms with Crippen molar-refractivity contribution in [1.82, 2.24) is 0 Å². The Morgan fingerprint density at radius 1 is 1.44 bits per heavy atom. The molecular formula is C12H15NO4S. The van der Waals surface area contributed by atoms with E-state index < -0.39 is 27.1 Å². The summed E-state index contributed by atoms with van der Waals surface area (Å²) in [7, 11) is -3.59. The van der Waals surface area contributed by atoms with E-state index in [-0.39, 0.29) is 11.3 Å². The molecule has 0 radical (unpaired) electrons. The smallest absolute Gasteiger partial charge is 0.304 e. The summed E-state index contributed by atoms with van der Waals surface area (Å²) >= 11 is 0. The zero-order chi connectivity index (χ0) is 13.5. The molecule has 1 aliphatic heterocycles. The van der Waals surface area contributed by atoms with Gasteiger partial charge in [0.2, 0.25) is 0 Å². The molecule has 2 N–H and O–H groups in total. The number of hydrogen-bond acceptors (Lipinski definition) is 4. The molecule has 1 aliphatic rings. The summed E-state index contributed by atoms with van der Waals surface area (Å²) in [5, 5.41) is 11.0.